The molecule has 0 atom stereocenters. The van der Waals surface area contributed by atoms with Gasteiger partial charge in [0.15, 0.2) is 11.0 Å². The number of hydrogen-bond donors (Lipinski definition) is 0. The Kier molecular flexibility index (Phi) is 4.02. The van der Waals surface area contributed by atoms with Gasteiger partial charge in [-0.2, -0.15) is 0 Å². The summed E-state index contributed by atoms with van der Waals surface area (Å²) in [4.78, 5) is 24.4. The topological polar surface area (TPSA) is 81.2 Å². The molecule has 2 aromatic heterocycles. The highest BCUT2D eigenvalue weighted by molar-refractivity contribution is 7.99. The molecular weight excluding hydrogens is 304 g/mol. The third-order valence-electron chi connectivity index (χ3n) is 3.64. The number of hydrogen-bond acceptors (Lipinski definition) is 6. The van der Waals surface area contributed by atoms with Crippen molar-refractivity contribution in [2.45, 2.75) is 24.9 Å². The van der Waals surface area contributed by atoms with Crippen LogP contribution < -0.4 is 0 Å². The number of carbonyl (C=O) groups excluding carboxylic acids is 2. The molecule has 0 aromatic carbocycles. The molecule has 116 valence electrons. The molecule has 1 aliphatic rings. The molecule has 0 radical (unpaired) electrons. The summed E-state index contributed by atoms with van der Waals surface area (Å²) in [6.07, 6.45) is 2.28. The smallest absolute Gasteiger partial charge is 0.229 e. The molecule has 0 spiro atoms. The van der Waals surface area contributed by atoms with E-state index < -0.39 is 0 Å². The highest BCUT2D eigenvalue weighted by Crippen LogP contribution is 2.26. The van der Waals surface area contributed by atoms with Crippen LogP contribution in [0.4, 0.5) is 0 Å². The van der Waals surface area contributed by atoms with Gasteiger partial charge in [-0.1, -0.05) is 11.8 Å². The van der Waals surface area contributed by atoms with Gasteiger partial charge in [0.2, 0.25) is 11.8 Å². The molecule has 3 rings (SSSR count). The molecule has 7 nitrogen and oxygen atoms in total. The van der Waals surface area contributed by atoms with Crippen molar-refractivity contribution in [1.82, 2.24) is 19.7 Å². The SMILES string of the molecule is Cc1occc1-c1nnc(SCCN2C(=O)CCC2=O)n1C. The molecular formula is C14H16N4O3S. The van der Waals surface area contributed by atoms with Gasteiger partial charge in [-0.05, 0) is 13.0 Å². The monoisotopic (exact) mass is 320 g/mol. The van der Waals surface area contributed by atoms with E-state index in [2.05, 4.69) is 10.2 Å². The third kappa shape index (κ3) is 2.66. The van der Waals surface area contributed by atoms with Crippen LogP contribution in [0, 0.1) is 6.92 Å². The molecule has 3 heterocycles. The maximum atomic E-state index is 11.5. The second kappa shape index (κ2) is 5.96. The number of rotatable bonds is 5. The average molecular weight is 320 g/mol. The second-order valence-corrected chi connectivity index (χ2v) is 6.11. The lowest BCUT2D eigenvalue weighted by atomic mass is 10.2. The van der Waals surface area contributed by atoms with Crippen LogP contribution in [0.2, 0.25) is 0 Å². The van der Waals surface area contributed by atoms with Crippen LogP contribution in [0.25, 0.3) is 11.4 Å². The first-order valence-electron chi connectivity index (χ1n) is 6.98. The van der Waals surface area contributed by atoms with Crippen molar-refractivity contribution < 1.29 is 14.0 Å². The number of imide groups is 1. The van der Waals surface area contributed by atoms with E-state index >= 15 is 0 Å². The summed E-state index contributed by atoms with van der Waals surface area (Å²) in [5.41, 5.74) is 0.909. The Labute approximate surface area is 131 Å². The second-order valence-electron chi connectivity index (χ2n) is 5.04. The van der Waals surface area contributed by atoms with Gasteiger partial charge < -0.3 is 8.98 Å². The maximum Gasteiger partial charge on any atom is 0.229 e. The van der Waals surface area contributed by atoms with Crippen molar-refractivity contribution in [3.05, 3.63) is 18.1 Å². The zero-order chi connectivity index (χ0) is 15.7. The number of carbonyl (C=O) groups is 2. The van der Waals surface area contributed by atoms with E-state index in [4.69, 9.17) is 4.42 Å². The van der Waals surface area contributed by atoms with Crippen LogP contribution >= 0.6 is 11.8 Å². The van der Waals surface area contributed by atoms with Gasteiger partial charge in [0.25, 0.3) is 0 Å². The lowest BCUT2D eigenvalue weighted by Crippen LogP contribution is -2.31. The fraction of sp³-hybridized carbons (Fsp3) is 0.429. The molecule has 0 aliphatic carbocycles. The van der Waals surface area contributed by atoms with Gasteiger partial charge in [-0.15, -0.1) is 10.2 Å². The minimum atomic E-state index is -0.0849. The van der Waals surface area contributed by atoms with E-state index in [1.54, 1.807) is 6.26 Å². The molecule has 1 fully saturated rings. The first-order valence-corrected chi connectivity index (χ1v) is 7.96. The summed E-state index contributed by atoms with van der Waals surface area (Å²) < 4.78 is 7.17. The Balaban J connectivity index is 1.65. The number of likely N-dealkylation sites (tertiary alicyclic amines) is 1. The molecule has 22 heavy (non-hydrogen) atoms. The van der Waals surface area contributed by atoms with Crippen LogP contribution in [0.5, 0.6) is 0 Å². The fourth-order valence-corrected chi connectivity index (χ4v) is 3.23. The van der Waals surface area contributed by atoms with Gasteiger partial charge in [0.1, 0.15) is 5.76 Å². The van der Waals surface area contributed by atoms with E-state index in [9.17, 15) is 9.59 Å². The lowest BCUT2D eigenvalue weighted by molar-refractivity contribution is -0.137. The molecule has 2 amide bonds. The van der Waals surface area contributed by atoms with Gasteiger partial charge in [0, 0.05) is 32.2 Å². The number of nitrogens with zero attached hydrogens (tertiary/aromatic N) is 4. The predicted molar refractivity (Wildman–Crippen MR) is 80.1 cm³/mol. The summed E-state index contributed by atoms with van der Waals surface area (Å²) in [6.45, 7) is 2.29. The number of thioether (sulfide) groups is 1. The summed E-state index contributed by atoms with van der Waals surface area (Å²) in [5, 5.41) is 9.09. The lowest BCUT2D eigenvalue weighted by Gasteiger charge is -2.12. The van der Waals surface area contributed by atoms with E-state index in [0.29, 0.717) is 25.1 Å². The number of aromatic nitrogens is 3. The Morgan fingerprint density at radius 1 is 1.27 bits per heavy atom. The van der Waals surface area contributed by atoms with Crippen molar-refractivity contribution in [1.29, 1.82) is 0 Å². The van der Waals surface area contributed by atoms with E-state index in [1.807, 2.05) is 24.6 Å². The Morgan fingerprint density at radius 2 is 2.00 bits per heavy atom. The van der Waals surface area contributed by atoms with Crippen LogP contribution in [0.1, 0.15) is 18.6 Å². The van der Waals surface area contributed by atoms with Crippen LogP contribution in [0.3, 0.4) is 0 Å². The van der Waals surface area contributed by atoms with Crippen molar-refractivity contribution >= 4 is 23.6 Å². The summed E-state index contributed by atoms with van der Waals surface area (Å²) in [6, 6.07) is 1.86. The first kappa shape index (κ1) is 14.8. The Hall–Kier alpha value is -2.09. The van der Waals surface area contributed by atoms with Crippen molar-refractivity contribution in [2.24, 2.45) is 7.05 Å². The molecule has 0 N–H and O–H groups in total. The van der Waals surface area contributed by atoms with Gasteiger partial charge in [-0.25, -0.2) is 0 Å². The summed E-state index contributed by atoms with van der Waals surface area (Å²) in [5.74, 6) is 1.97. The van der Waals surface area contributed by atoms with E-state index in [1.165, 1.54) is 16.7 Å². The minimum absolute atomic E-state index is 0.0849. The van der Waals surface area contributed by atoms with E-state index in [-0.39, 0.29) is 11.8 Å². The Bertz CT molecular complexity index is 705. The van der Waals surface area contributed by atoms with Crippen LogP contribution in [0.15, 0.2) is 21.9 Å². The minimum Gasteiger partial charge on any atom is -0.469 e. The highest BCUT2D eigenvalue weighted by Gasteiger charge is 2.28. The molecule has 2 aromatic rings. The molecule has 0 unspecified atom stereocenters. The predicted octanol–water partition coefficient (Wildman–Crippen LogP) is 1.62. The van der Waals surface area contributed by atoms with Crippen molar-refractivity contribution in [3.63, 3.8) is 0 Å². The molecule has 0 bridgehead atoms. The average Bonchev–Trinajstić information content (AvgIpc) is 3.15. The largest absolute Gasteiger partial charge is 0.469 e. The molecule has 8 heteroatoms. The first-order chi connectivity index (χ1) is 10.6. The van der Waals surface area contributed by atoms with Crippen LogP contribution in [-0.4, -0.2) is 43.8 Å². The molecule has 1 saturated heterocycles. The fourth-order valence-electron chi connectivity index (χ4n) is 2.39. The van der Waals surface area contributed by atoms with Gasteiger partial charge in [0.05, 0.1) is 11.8 Å². The van der Waals surface area contributed by atoms with Crippen LogP contribution in [-0.2, 0) is 16.6 Å². The normalized spacial score (nSPS) is 15.1. The van der Waals surface area contributed by atoms with Gasteiger partial charge >= 0.3 is 0 Å². The molecule has 0 saturated carbocycles. The summed E-state index contributed by atoms with van der Waals surface area (Å²) in [7, 11) is 1.89. The number of amides is 2. The summed E-state index contributed by atoms with van der Waals surface area (Å²) >= 11 is 1.47. The van der Waals surface area contributed by atoms with Crippen molar-refractivity contribution in [3.8, 4) is 11.4 Å². The third-order valence-corrected chi connectivity index (χ3v) is 4.64. The zero-order valence-electron chi connectivity index (χ0n) is 12.4. The van der Waals surface area contributed by atoms with Gasteiger partial charge in [-0.3, -0.25) is 14.5 Å². The van der Waals surface area contributed by atoms with E-state index in [0.717, 1.165) is 22.3 Å². The number of aryl methyl sites for hydroxylation is 1. The Morgan fingerprint density at radius 3 is 2.64 bits per heavy atom. The maximum absolute atomic E-state index is 11.5. The standard InChI is InChI=1S/C14H16N4O3S/c1-9-10(5-7-21-9)13-15-16-14(17(13)2)22-8-6-18-11(19)3-4-12(18)20/h5,7H,3-4,6,8H2,1-2H3. The zero-order valence-corrected chi connectivity index (χ0v) is 13.2. The number of furan rings is 1. The quantitative estimate of drug-likeness (QED) is 0.615. The molecule has 1 aliphatic heterocycles. The van der Waals surface area contributed by atoms with Crippen molar-refractivity contribution in [2.75, 3.05) is 12.3 Å². The highest BCUT2D eigenvalue weighted by atomic mass is 32.2.